The molecule has 0 atom stereocenters. The first-order valence-corrected chi connectivity index (χ1v) is 11.1. The molecule has 0 saturated carbocycles. The van der Waals surface area contributed by atoms with Crippen LogP contribution < -0.4 is 10.1 Å². The standard InChI is InChI=1S/C24H29N3O2S/c1-17(2)14-27-19(4)18(3)25-24(27)30-16-23(28)26-21-10-12-22(13-11-21)29-15-20-8-6-5-7-9-20/h5-13,17H,14-16H2,1-4H3,(H,26,28). The predicted octanol–water partition coefficient (Wildman–Crippen LogP) is 5.47. The molecule has 158 valence electrons. The van der Waals surface area contributed by atoms with Gasteiger partial charge in [-0.3, -0.25) is 4.79 Å². The number of anilines is 1. The number of ether oxygens (including phenoxy) is 1. The molecular formula is C24H29N3O2S. The van der Waals surface area contributed by atoms with Gasteiger partial charge in [-0.25, -0.2) is 4.98 Å². The Kier molecular flexibility index (Phi) is 7.57. The summed E-state index contributed by atoms with van der Waals surface area (Å²) in [6, 6.07) is 17.5. The van der Waals surface area contributed by atoms with Crippen molar-refractivity contribution in [3.05, 3.63) is 71.5 Å². The Balaban J connectivity index is 1.51. The predicted molar refractivity (Wildman–Crippen MR) is 123 cm³/mol. The lowest BCUT2D eigenvalue weighted by atomic mass is 10.2. The number of benzene rings is 2. The quantitative estimate of drug-likeness (QED) is 0.464. The third-order valence-corrected chi connectivity index (χ3v) is 5.67. The van der Waals surface area contributed by atoms with Crippen LogP contribution in [0, 0.1) is 19.8 Å². The summed E-state index contributed by atoms with van der Waals surface area (Å²) in [5.41, 5.74) is 4.06. The van der Waals surface area contributed by atoms with Crippen LogP contribution in [0.5, 0.6) is 5.75 Å². The number of nitrogens with one attached hydrogen (secondary N) is 1. The summed E-state index contributed by atoms with van der Waals surface area (Å²) >= 11 is 1.48. The molecule has 1 amide bonds. The van der Waals surface area contributed by atoms with E-state index < -0.39 is 0 Å². The average molecular weight is 424 g/mol. The van der Waals surface area contributed by atoms with Gasteiger partial charge in [0, 0.05) is 17.9 Å². The van der Waals surface area contributed by atoms with E-state index in [0.717, 1.165) is 40.1 Å². The van der Waals surface area contributed by atoms with E-state index in [2.05, 4.69) is 35.6 Å². The number of carbonyl (C=O) groups is 1. The maximum atomic E-state index is 12.4. The highest BCUT2D eigenvalue weighted by Crippen LogP contribution is 2.23. The SMILES string of the molecule is Cc1nc(SCC(=O)Nc2ccc(OCc3ccccc3)cc2)n(CC(C)C)c1C. The first kappa shape index (κ1) is 22.0. The maximum absolute atomic E-state index is 12.4. The number of imidazole rings is 1. The first-order valence-electron chi connectivity index (χ1n) is 10.2. The van der Waals surface area contributed by atoms with E-state index >= 15 is 0 Å². The maximum Gasteiger partial charge on any atom is 0.234 e. The molecule has 0 radical (unpaired) electrons. The number of hydrogen-bond donors (Lipinski definition) is 1. The zero-order valence-corrected chi connectivity index (χ0v) is 18.8. The molecular weight excluding hydrogens is 394 g/mol. The number of hydrogen-bond acceptors (Lipinski definition) is 4. The largest absolute Gasteiger partial charge is 0.489 e. The minimum atomic E-state index is -0.0487. The molecule has 0 saturated heterocycles. The molecule has 1 heterocycles. The molecule has 1 aromatic heterocycles. The zero-order chi connectivity index (χ0) is 21.5. The topological polar surface area (TPSA) is 56.1 Å². The van der Waals surface area contributed by atoms with Crippen LogP contribution in [0.15, 0.2) is 59.8 Å². The summed E-state index contributed by atoms with van der Waals surface area (Å²) in [4.78, 5) is 17.0. The fraction of sp³-hybridized carbons (Fsp3) is 0.333. The zero-order valence-electron chi connectivity index (χ0n) is 18.0. The Morgan fingerprint density at radius 2 is 1.80 bits per heavy atom. The van der Waals surface area contributed by atoms with Crippen molar-refractivity contribution < 1.29 is 9.53 Å². The first-order chi connectivity index (χ1) is 14.4. The van der Waals surface area contributed by atoms with E-state index in [1.807, 2.05) is 61.5 Å². The van der Waals surface area contributed by atoms with Crippen LogP contribution in [-0.2, 0) is 17.9 Å². The number of aryl methyl sites for hydroxylation is 1. The summed E-state index contributed by atoms with van der Waals surface area (Å²) < 4.78 is 7.99. The Morgan fingerprint density at radius 1 is 1.10 bits per heavy atom. The Morgan fingerprint density at radius 3 is 2.47 bits per heavy atom. The number of rotatable bonds is 9. The number of aromatic nitrogens is 2. The van der Waals surface area contributed by atoms with Crippen molar-refractivity contribution >= 4 is 23.4 Å². The molecule has 5 nitrogen and oxygen atoms in total. The highest BCUT2D eigenvalue weighted by molar-refractivity contribution is 7.99. The van der Waals surface area contributed by atoms with Crippen LogP contribution in [-0.4, -0.2) is 21.2 Å². The molecule has 30 heavy (non-hydrogen) atoms. The second-order valence-electron chi connectivity index (χ2n) is 7.71. The number of amides is 1. The minimum absolute atomic E-state index is 0.0487. The van der Waals surface area contributed by atoms with Crippen molar-refractivity contribution in [2.75, 3.05) is 11.1 Å². The average Bonchev–Trinajstić information content (AvgIpc) is 3.00. The smallest absolute Gasteiger partial charge is 0.234 e. The van der Waals surface area contributed by atoms with Gasteiger partial charge in [0.2, 0.25) is 5.91 Å². The fourth-order valence-electron chi connectivity index (χ4n) is 3.02. The lowest BCUT2D eigenvalue weighted by molar-refractivity contribution is -0.113. The lowest BCUT2D eigenvalue weighted by Gasteiger charge is -2.12. The van der Waals surface area contributed by atoms with Gasteiger partial charge in [0.25, 0.3) is 0 Å². The molecule has 0 bridgehead atoms. The van der Waals surface area contributed by atoms with Crippen LogP contribution in [0.25, 0.3) is 0 Å². The van der Waals surface area contributed by atoms with Crippen LogP contribution in [0.4, 0.5) is 5.69 Å². The van der Waals surface area contributed by atoms with Crippen LogP contribution in [0.3, 0.4) is 0 Å². The molecule has 3 rings (SSSR count). The molecule has 0 aliphatic rings. The van der Waals surface area contributed by atoms with Gasteiger partial charge in [-0.05, 0) is 49.6 Å². The van der Waals surface area contributed by atoms with Gasteiger partial charge in [0.1, 0.15) is 12.4 Å². The summed E-state index contributed by atoms with van der Waals surface area (Å²) in [5.74, 6) is 1.56. The monoisotopic (exact) mass is 423 g/mol. The molecule has 0 unspecified atom stereocenters. The van der Waals surface area contributed by atoms with Crippen LogP contribution in [0.1, 0.15) is 30.8 Å². The molecule has 0 aliphatic carbocycles. The van der Waals surface area contributed by atoms with Gasteiger partial charge in [-0.2, -0.15) is 0 Å². The van der Waals surface area contributed by atoms with E-state index in [4.69, 9.17) is 4.74 Å². The Bertz CT molecular complexity index is 966. The second-order valence-corrected chi connectivity index (χ2v) is 8.65. The van der Waals surface area contributed by atoms with Gasteiger partial charge < -0.3 is 14.6 Å². The number of carbonyl (C=O) groups excluding carboxylic acids is 1. The summed E-state index contributed by atoms with van der Waals surface area (Å²) in [6.07, 6.45) is 0. The molecule has 0 aliphatic heterocycles. The van der Waals surface area contributed by atoms with Gasteiger partial charge in [0.15, 0.2) is 5.16 Å². The van der Waals surface area contributed by atoms with E-state index in [-0.39, 0.29) is 5.91 Å². The molecule has 2 aromatic carbocycles. The number of nitrogens with zero attached hydrogens (tertiary/aromatic N) is 2. The van der Waals surface area contributed by atoms with E-state index in [1.165, 1.54) is 11.8 Å². The van der Waals surface area contributed by atoms with Crippen molar-refractivity contribution in [3.63, 3.8) is 0 Å². The van der Waals surface area contributed by atoms with Gasteiger partial charge >= 0.3 is 0 Å². The van der Waals surface area contributed by atoms with E-state index in [0.29, 0.717) is 18.3 Å². The molecule has 0 spiro atoms. The van der Waals surface area contributed by atoms with Gasteiger partial charge in [-0.1, -0.05) is 55.9 Å². The number of thioether (sulfide) groups is 1. The molecule has 0 fully saturated rings. The summed E-state index contributed by atoms with van der Waals surface area (Å²) in [7, 11) is 0. The molecule has 3 aromatic rings. The van der Waals surface area contributed by atoms with Crippen molar-refractivity contribution in [2.45, 2.75) is 46.0 Å². The van der Waals surface area contributed by atoms with Crippen LogP contribution >= 0.6 is 11.8 Å². The van der Waals surface area contributed by atoms with Crippen molar-refractivity contribution in [3.8, 4) is 5.75 Å². The third kappa shape index (κ3) is 6.13. The Labute approximate surface area is 182 Å². The lowest BCUT2D eigenvalue weighted by Crippen LogP contribution is -2.15. The third-order valence-electron chi connectivity index (χ3n) is 4.69. The fourth-order valence-corrected chi connectivity index (χ4v) is 3.92. The van der Waals surface area contributed by atoms with Crippen molar-refractivity contribution in [1.82, 2.24) is 9.55 Å². The van der Waals surface area contributed by atoms with Gasteiger partial charge in [-0.15, -0.1) is 0 Å². The summed E-state index contributed by atoms with van der Waals surface area (Å²) in [6.45, 7) is 9.88. The van der Waals surface area contributed by atoms with Crippen LogP contribution in [0.2, 0.25) is 0 Å². The Hall–Kier alpha value is -2.73. The molecule has 6 heteroatoms. The van der Waals surface area contributed by atoms with Crippen molar-refractivity contribution in [2.24, 2.45) is 5.92 Å². The van der Waals surface area contributed by atoms with E-state index in [1.54, 1.807) is 0 Å². The van der Waals surface area contributed by atoms with Crippen molar-refractivity contribution in [1.29, 1.82) is 0 Å². The molecule has 1 N–H and O–H groups in total. The second kappa shape index (κ2) is 10.3. The highest BCUT2D eigenvalue weighted by atomic mass is 32.2. The normalized spacial score (nSPS) is 11.0. The van der Waals surface area contributed by atoms with E-state index in [9.17, 15) is 4.79 Å². The summed E-state index contributed by atoms with van der Waals surface area (Å²) in [5, 5.41) is 3.84. The van der Waals surface area contributed by atoms with Gasteiger partial charge in [0.05, 0.1) is 11.4 Å². The highest BCUT2D eigenvalue weighted by Gasteiger charge is 2.14. The minimum Gasteiger partial charge on any atom is -0.489 e.